The summed E-state index contributed by atoms with van der Waals surface area (Å²) in [5.41, 5.74) is 1.04. The molecule has 19 heavy (non-hydrogen) atoms. The molecule has 1 fully saturated rings. The molecule has 5 nitrogen and oxygen atoms in total. The van der Waals surface area contributed by atoms with Crippen LogP contribution in [0.1, 0.15) is 12.5 Å². The highest BCUT2D eigenvalue weighted by Crippen LogP contribution is 2.21. The van der Waals surface area contributed by atoms with Crippen LogP contribution in [0.25, 0.3) is 0 Å². The number of benzene rings is 1. The van der Waals surface area contributed by atoms with Crippen LogP contribution in [0, 0.1) is 0 Å². The Morgan fingerprint density at radius 3 is 2.63 bits per heavy atom. The van der Waals surface area contributed by atoms with E-state index in [1.165, 1.54) is 0 Å². The molecule has 1 saturated heterocycles. The molecular weight excluding hydrogens is 246 g/mol. The second-order valence-corrected chi connectivity index (χ2v) is 4.56. The molecule has 0 radical (unpaired) electrons. The zero-order valence-electron chi connectivity index (χ0n) is 11.5. The summed E-state index contributed by atoms with van der Waals surface area (Å²) in [6.45, 7) is 2.83. The minimum Gasteiger partial charge on any atom is -0.497 e. The highest BCUT2D eigenvalue weighted by atomic mass is 16.6. The Bertz CT molecular complexity index is 432. The van der Waals surface area contributed by atoms with E-state index in [0.717, 1.165) is 11.3 Å². The molecule has 1 amide bonds. The summed E-state index contributed by atoms with van der Waals surface area (Å²) in [5.74, 6) is 0.801. The molecule has 1 unspecified atom stereocenters. The molecule has 0 saturated carbocycles. The van der Waals surface area contributed by atoms with Gasteiger partial charge in [0.25, 0.3) is 0 Å². The van der Waals surface area contributed by atoms with E-state index in [1.807, 2.05) is 31.2 Å². The molecule has 1 heterocycles. The quantitative estimate of drug-likeness (QED) is 0.817. The van der Waals surface area contributed by atoms with E-state index in [-0.39, 0.29) is 18.2 Å². The van der Waals surface area contributed by atoms with Gasteiger partial charge in [0.05, 0.1) is 19.3 Å². The van der Waals surface area contributed by atoms with Crippen LogP contribution in [0.15, 0.2) is 24.3 Å². The molecule has 0 bridgehead atoms. The molecule has 1 aromatic carbocycles. The van der Waals surface area contributed by atoms with Crippen LogP contribution in [-0.4, -0.2) is 44.0 Å². The van der Waals surface area contributed by atoms with Crippen molar-refractivity contribution in [2.24, 2.45) is 0 Å². The number of methoxy groups -OCH3 is 2. The fourth-order valence-electron chi connectivity index (χ4n) is 2.12. The van der Waals surface area contributed by atoms with Gasteiger partial charge in [0, 0.05) is 13.7 Å². The van der Waals surface area contributed by atoms with E-state index in [9.17, 15) is 4.79 Å². The van der Waals surface area contributed by atoms with Crippen LogP contribution in [0.2, 0.25) is 0 Å². The molecule has 0 aliphatic carbocycles. The Labute approximate surface area is 113 Å². The van der Waals surface area contributed by atoms with Crippen LogP contribution < -0.4 is 4.74 Å². The molecule has 1 aromatic rings. The second kappa shape index (κ2) is 5.93. The van der Waals surface area contributed by atoms with Crippen molar-refractivity contribution in [3.63, 3.8) is 0 Å². The third-order valence-electron chi connectivity index (χ3n) is 3.44. The molecule has 0 N–H and O–H groups in total. The molecule has 2 atom stereocenters. The summed E-state index contributed by atoms with van der Waals surface area (Å²) in [4.78, 5) is 13.5. The number of carbonyl (C=O) groups is 1. The zero-order valence-corrected chi connectivity index (χ0v) is 11.5. The average Bonchev–Trinajstić information content (AvgIpc) is 2.80. The normalized spacial score (nSPS) is 20.3. The molecule has 5 heteroatoms. The average molecular weight is 265 g/mol. The van der Waals surface area contributed by atoms with E-state index < -0.39 is 0 Å². The predicted molar refractivity (Wildman–Crippen MR) is 70.1 cm³/mol. The number of hydrogen-bond acceptors (Lipinski definition) is 4. The van der Waals surface area contributed by atoms with Gasteiger partial charge in [-0.15, -0.1) is 0 Å². The molecule has 0 aromatic heterocycles. The lowest BCUT2D eigenvalue weighted by molar-refractivity contribution is 0.0521. The molecule has 1 aliphatic heterocycles. The maximum atomic E-state index is 11.8. The van der Waals surface area contributed by atoms with Gasteiger partial charge < -0.3 is 14.2 Å². The number of cyclic esters (lactones) is 1. The van der Waals surface area contributed by atoms with Gasteiger partial charge >= 0.3 is 6.09 Å². The van der Waals surface area contributed by atoms with E-state index in [4.69, 9.17) is 14.2 Å². The van der Waals surface area contributed by atoms with Gasteiger partial charge in [-0.2, -0.15) is 0 Å². The van der Waals surface area contributed by atoms with Crippen molar-refractivity contribution in [1.82, 2.24) is 4.90 Å². The Morgan fingerprint density at radius 2 is 2.05 bits per heavy atom. The van der Waals surface area contributed by atoms with E-state index in [0.29, 0.717) is 13.2 Å². The predicted octanol–water partition coefficient (Wildman–Crippen LogP) is 2.05. The number of ether oxygens (including phenoxy) is 3. The molecule has 2 rings (SSSR count). The number of hydrogen-bond donors (Lipinski definition) is 0. The summed E-state index contributed by atoms with van der Waals surface area (Å²) in [7, 11) is 3.27. The Hall–Kier alpha value is -1.75. The van der Waals surface area contributed by atoms with Gasteiger partial charge in [-0.25, -0.2) is 4.79 Å². The van der Waals surface area contributed by atoms with Crippen LogP contribution >= 0.6 is 0 Å². The SMILES string of the molecule is COc1ccc(CN2C(=O)OCC2[C@@H](C)OC)cc1. The van der Waals surface area contributed by atoms with Gasteiger partial charge in [0.1, 0.15) is 12.4 Å². The van der Waals surface area contributed by atoms with Crippen molar-refractivity contribution in [2.75, 3.05) is 20.8 Å². The van der Waals surface area contributed by atoms with Crippen LogP contribution in [0.3, 0.4) is 0 Å². The van der Waals surface area contributed by atoms with Crippen molar-refractivity contribution >= 4 is 6.09 Å². The second-order valence-electron chi connectivity index (χ2n) is 4.56. The van der Waals surface area contributed by atoms with Crippen molar-refractivity contribution in [1.29, 1.82) is 0 Å². The van der Waals surface area contributed by atoms with Crippen molar-refractivity contribution < 1.29 is 19.0 Å². The van der Waals surface area contributed by atoms with Crippen molar-refractivity contribution in [3.05, 3.63) is 29.8 Å². The minimum atomic E-state index is -0.287. The van der Waals surface area contributed by atoms with Crippen molar-refractivity contribution in [3.8, 4) is 5.75 Å². The maximum absolute atomic E-state index is 11.8. The lowest BCUT2D eigenvalue weighted by Crippen LogP contribution is -2.41. The third-order valence-corrected chi connectivity index (χ3v) is 3.44. The summed E-state index contributed by atoms with van der Waals surface area (Å²) < 4.78 is 15.5. The zero-order chi connectivity index (χ0) is 13.8. The van der Waals surface area contributed by atoms with Crippen LogP contribution in [-0.2, 0) is 16.0 Å². The smallest absolute Gasteiger partial charge is 0.410 e. The van der Waals surface area contributed by atoms with E-state index in [1.54, 1.807) is 19.1 Å². The van der Waals surface area contributed by atoms with E-state index in [2.05, 4.69) is 0 Å². The third kappa shape index (κ3) is 2.98. The fraction of sp³-hybridized carbons (Fsp3) is 0.500. The topological polar surface area (TPSA) is 48.0 Å². The largest absolute Gasteiger partial charge is 0.497 e. The van der Waals surface area contributed by atoms with Gasteiger partial charge in [-0.05, 0) is 24.6 Å². The first-order chi connectivity index (χ1) is 9.15. The first-order valence-electron chi connectivity index (χ1n) is 6.25. The first-order valence-corrected chi connectivity index (χ1v) is 6.25. The van der Waals surface area contributed by atoms with Gasteiger partial charge in [-0.1, -0.05) is 12.1 Å². The van der Waals surface area contributed by atoms with Crippen LogP contribution in [0.4, 0.5) is 4.79 Å². The number of nitrogens with zero attached hydrogens (tertiary/aromatic N) is 1. The summed E-state index contributed by atoms with van der Waals surface area (Å²) >= 11 is 0. The lowest BCUT2D eigenvalue weighted by atomic mass is 10.1. The molecule has 104 valence electrons. The number of rotatable bonds is 5. The fourth-order valence-corrected chi connectivity index (χ4v) is 2.12. The minimum absolute atomic E-state index is 0.0420. The Morgan fingerprint density at radius 1 is 1.37 bits per heavy atom. The molecule has 1 aliphatic rings. The number of carbonyl (C=O) groups excluding carboxylic acids is 1. The summed E-state index contributed by atoms with van der Waals surface area (Å²) in [6.07, 6.45) is -0.339. The molecular formula is C14H19NO4. The monoisotopic (exact) mass is 265 g/mol. The lowest BCUT2D eigenvalue weighted by Gasteiger charge is -2.25. The Kier molecular flexibility index (Phi) is 4.27. The summed E-state index contributed by atoms with van der Waals surface area (Å²) in [5, 5.41) is 0. The number of amides is 1. The highest BCUT2D eigenvalue weighted by molar-refractivity contribution is 5.70. The van der Waals surface area contributed by atoms with Gasteiger partial charge in [0.2, 0.25) is 0 Å². The molecule has 0 spiro atoms. The standard InChI is InChI=1S/C14H19NO4/c1-10(17-2)13-9-19-14(16)15(13)8-11-4-6-12(18-3)7-5-11/h4-7,10,13H,8-9H2,1-3H3/t10-,13?/m1/s1. The maximum Gasteiger partial charge on any atom is 0.410 e. The van der Waals surface area contributed by atoms with Crippen molar-refractivity contribution in [2.45, 2.75) is 25.6 Å². The van der Waals surface area contributed by atoms with E-state index >= 15 is 0 Å². The van der Waals surface area contributed by atoms with Gasteiger partial charge in [-0.3, -0.25) is 4.90 Å². The first kappa shape index (κ1) is 13.7. The summed E-state index contributed by atoms with van der Waals surface area (Å²) in [6, 6.07) is 7.61. The van der Waals surface area contributed by atoms with Gasteiger partial charge in [0.15, 0.2) is 0 Å². The highest BCUT2D eigenvalue weighted by Gasteiger charge is 2.36. The van der Waals surface area contributed by atoms with Crippen LogP contribution in [0.5, 0.6) is 5.75 Å². The Balaban J connectivity index is 2.08.